The van der Waals surface area contributed by atoms with E-state index in [2.05, 4.69) is 38.3 Å². The maximum atomic E-state index is 12.8. The van der Waals surface area contributed by atoms with Gasteiger partial charge in [0.15, 0.2) is 10.8 Å². The summed E-state index contributed by atoms with van der Waals surface area (Å²) in [6.07, 6.45) is 4.31. The van der Waals surface area contributed by atoms with Crippen molar-refractivity contribution in [3.05, 3.63) is 53.4 Å². The van der Waals surface area contributed by atoms with E-state index in [-0.39, 0.29) is 11.9 Å². The van der Waals surface area contributed by atoms with Crippen molar-refractivity contribution >= 4 is 39.1 Å². The number of hydrogen-bond donors (Lipinski definition) is 1. The van der Waals surface area contributed by atoms with E-state index < -0.39 is 0 Å². The van der Waals surface area contributed by atoms with Gasteiger partial charge in [0.25, 0.3) is 5.91 Å². The number of methoxy groups -OCH3 is 1. The zero-order valence-corrected chi connectivity index (χ0v) is 20.0. The van der Waals surface area contributed by atoms with Crippen molar-refractivity contribution < 1.29 is 9.53 Å². The minimum absolute atomic E-state index is 0.0162. The summed E-state index contributed by atoms with van der Waals surface area (Å²) in [4.78, 5) is 31.1. The predicted molar refractivity (Wildman–Crippen MR) is 130 cm³/mol. The summed E-state index contributed by atoms with van der Waals surface area (Å²) in [5.74, 6) is 0.426. The maximum Gasteiger partial charge on any atom is 0.280 e. The van der Waals surface area contributed by atoms with Gasteiger partial charge in [-0.05, 0) is 52.1 Å². The monoisotopic (exact) mass is 454 g/mol. The Kier molecular flexibility index (Phi) is 8.26. The van der Waals surface area contributed by atoms with E-state index >= 15 is 0 Å². The lowest BCUT2D eigenvalue weighted by Gasteiger charge is -2.22. The molecule has 9 heteroatoms. The Balaban J connectivity index is 1.99. The van der Waals surface area contributed by atoms with Gasteiger partial charge in [-0.3, -0.25) is 9.69 Å². The summed E-state index contributed by atoms with van der Waals surface area (Å²) < 4.78 is 5.09. The van der Waals surface area contributed by atoms with Crippen molar-refractivity contribution in [2.24, 2.45) is 0 Å². The highest BCUT2D eigenvalue weighted by atomic mass is 32.1. The zero-order chi connectivity index (χ0) is 23.1. The molecule has 0 spiro atoms. The third kappa shape index (κ3) is 6.09. The summed E-state index contributed by atoms with van der Waals surface area (Å²) in [6.45, 7) is 5.42. The number of nitrogens with zero attached hydrogens (tertiary/aromatic N) is 5. The van der Waals surface area contributed by atoms with E-state index in [1.807, 2.05) is 56.3 Å². The van der Waals surface area contributed by atoms with Gasteiger partial charge in [-0.2, -0.15) is 0 Å². The van der Waals surface area contributed by atoms with Crippen LogP contribution in [0.15, 0.2) is 48.4 Å². The molecule has 3 aromatic rings. The highest BCUT2D eigenvalue weighted by Gasteiger charge is 2.20. The molecule has 0 bridgehead atoms. The van der Waals surface area contributed by atoms with E-state index in [0.29, 0.717) is 27.8 Å². The summed E-state index contributed by atoms with van der Waals surface area (Å²) in [5.41, 5.74) is 2.72. The number of thiazole rings is 1. The Morgan fingerprint density at radius 1 is 1.25 bits per heavy atom. The average Bonchev–Trinajstić information content (AvgIpc) is 3.21. The van der Waals surface area contributed by atoms with Gasteiger partial charge in [-0.25, -0.2) is 15.0 Å². The molecular weight excluding hydrogens is 424 g/mol. The third-order valence-corrected chi connectivity index (χ3v) is 5.64. The fourth-order valence-electron chi connectivity index (χ4n) is 3.27. The highest BCUT2D eigenvalue weighted by Crippen LogP contribution is 2.32. The number of carbonyl (C=O) groups excluding carboxylic acids is 1. The maximum absolute atomic E-state index is 12.8. The number of benzene rings is 1. The van der Waals surface area contributed by atoms with E-state index in [0.717, 1.165) is 24.2 Å². The minimum Gasteiger partial charge on any atom is -0.385 e. The van der Waals surface area contributed by atoms with Gasteiger partial charge in [0.1, 0.15) is 16.7 Å². The molecule has 0 fully saturated rings. The van der Waals surface area contributed by atoms with Crippen LogP contribution in [0.4, 0.5) is 11.5 Å². The topological polar surface area (TPSA) is 83.5 Å². The number of fused-ring (bicyclic) bond motifs is 1. The first-order valence-corrected chi connectivity index (χ1v) is 11.3. The van der Waals surface area contributed by atoms with Crippen LogP contribution in [0.1, 0.15) is 30.1 Å². The molecule has 0 saturated heterocycles. The Bertz CT molecular complexity index is 1070. The molecule has 1 aromatic carbocycles. The van der Waals surface area contributed by atoms with Gasteiger partial charge < -0.3 is 15.0 Å². The molecule has 32 heavy (non-hydrogen) atoms. The second-order valence-electron chi connectivity index (χ2n) is 7.94. The Hall–Kier alpha value is -2.88. The van der Waals surface area contributed by atoms with Crippen LogP contribution in [-0.2, 0) is 4.74 Å². The van der Waals surface area contributed by atoms with Gasteiger partial charge in [0.05, 0.1) is 0 Å². The number of aromatic nitrogens is 3. The normalized spacial score (nSPS) is 12.9. The number of nitrogens with one attached hydrogen (secondary N) is 1. The number of para-hydroxylation sites is 1. The van der Waals surface area contributed by atoms with Crippen molar-refractivity contribution in [1.29, 1.82) is 0 Å². The molecule has 1 amide bonds. The fraction of sp³-hybridized carbons (Fsp3) is 0.391. The second kappa shape index (κ2) is 11.1. The number of ether oxygens (including phenoxy) is 1. The van der Waals surface area contributed by atoms with Crippen molar-refractivity contribution in [2.45, 2.75) is 26.3 Å². The van der Waals surface area contributed by atoms with Gasteiger partial charge in [-0.1, -0.05) is 29.5 Å². The van der Waals surface area contributed by atoms with Crippen LogP contribution in [0.25, 0.3) is 10.3 Å². The molecule has 170 valence electrons. The molecule has 1 N–H and O–H groups in total. The summed E-state index contributed by atoms with van der Waals surface area (Å²) in [6, 6.07) is 9.96. The standard InChI is InChI=1S/C23H30N6O2S/c1-16(13-28(3)4)14-29(18-9-7-6-8-10-18)20-19-22(25-15-24-20)32-23(27-19)21(30)26-17(2)11-12-31-5/h6-10,14-15,17H,11-13H2,1-5H3,(H,26,30)/b16-14+. The van der Waals surface area contributed by atoms with Crippen LogP contribution in [0, 0.1) is 0 Å². The Labute approximate surface area is 193 Å². The highest BCUT2D eigenvalue weighted by molar-refractivity contribution is 7.20. The minimum atomic E-state index is -0.215. The lowest BCUT2D eigenvalue weighted by molar-refractivity contribution is 0.0929. The quantitative estimate of drug-likeness (QED) is 0.498. The third-order valence-electron chi connectivity index (χ3n) is 4.68. The van der Waals surface area contributed by atoms with E-state index in [4.69, 9.17) is 4.74 Å². The molecule has 2 heterocycles. The van der Waals surface area contributed by atoms with Crippen molar-refractivity contribution in [3.8, 4) is 0 Å². The number of carbonyl (C=O) groups is 1. The molecule has 2 aromatic heterocycles. The number of likely N-dealkylation sites (N-methyl/N-ethyl adjacent to an activating group) is 1. The van der Waals surface area contributed by atoms with Gasteiger partial charge in [-0.15, -0.1) is 0 Å². The smallest absolute Gasteiger partial charge is 0.280 e. The Morgan fingerprint density at radius 3 is 2.69 bits per heavy atom. The van der Waals surface area contributed by atoms with E-state index in [1.54, 1.807) is 7.11 Å². The SMILES string of the molecule is COCCC(C)NC(=O)c1nc2c(N(/C=C(\C)CN(C)C)c3ccccc3)ncnc2s1. The lowest BCUT2D eigenvalue weighted by atomic mass is 10.2. The first-order valence-electron chi connectivity index (χ1n) is 10.5. The predicted octanol–water partition coefficient (Wildman–Crippen LogP) is 3.84. The summed E-state index contributed by atoms with van der Waals surface area (Å²) in [5, 5.41) is 3.34. The lowest BCUT2D eigenvalue weighted by Crippen LogP contribution is -2.33. The van der Waals surface area contributed by atoms with Gasteiger partial charge in [0, 0.05) is 38.2 Å². The second-order valence-corrected chi connectivity index (χ2v) is 8.92. The van der Waals surface area contributed by atoms with Crippen molar-refractivity contribution in [2.75, 3.05) is 39.3 Å². The van der Waals surface area contributed by atoms with Crippen molar-refractivity contribution in [1.82, 2.24) is 25.2 Å². The molecule has 3 rings (SSSR count). The van der Waals surface area contributed by atoms with Crippen LogP contribution in [0.5, 0.6) is 0 Å². The van der Waals surface area contributed by atoms with Crippen LogP contribution in [0.2, 0.25) is 0 Å². The molecule has 0 saturated carbocycles. The molecule has 0 aliphatic heterocycles. The van der Waals surface area contributed by atoms with Gasteiger partial charge >= 0.3 is 0 Å². The van der Waals surface area contributed by atoms with E-state index in [9.17, 15) is 4.79 Å². The molecule has 0 aliphatic carbocycles. The number of hydrogen-bond acceptors (Lipinski definition) is 8. The van der Waals surface area contributed by atoms with Crippen LogP contribution >= 0.6 is 11.3 Å². The van der Waals surface area contributed by atoms with Crippen molar-refractivity contribution in [3.63, 3.8) is 0 Å². The number of rotatable bonds is 10. The van der Waals surface area contributed by atoms with E-state index in [1.165, 1.54) is 17.7 Å². The number of amides is 1. The number of anilines is 2. The van der Waals surface area contributed by atoms with Crippen LogP contribution in [-0.4, -0.2) is 66.2 Å². The first-order chi connectivity index (χ1) is 15.4. The molecular formula is C23H30N6O2S. The van der Waals surface area contributed by atoms with Gasteiger partial charge in [0.2, 0.25) is 0 Å². The van der Waals surface area contributed by atoms with Crippen LogP contribution in [0.3, 0.4) is 0 Å². The van der Waals surface area contributed by atoms with Crippen LogP contribution < -0.4 is 10.2 Å². The molecule has 0 radical (unpaired) electrons. The Morgan fingerprint density at radius 2 is 2.00 bits per heavy atom. The molecule has 0 aliphatic rings. The first kappa shape index (κ1) is 23.8. The zero-order valence-electron chi connectivity index (χ0n) is 19.2. The average molecular weight is 455 g/mol. The molecule has 8 nitrogen and oxygen atoms in total. The summed E-state index contributed by atoms with van der Waals surface area (Å²) in [7, 11) is 5.72. The largest absolute Gasteiger partial charge is 0.385 e. The summed E-state index contributed by atoms with van der Waals surface area (Å²) >= 11 is 1.27. The molecule has 1 atom stereocenters. The molecule has 1 unspecified atom stereocenters. The fourth-order valence-corrected chi connectivity index (χ4v) is 4.08.